The van der Waals surface area contributed by atoms with E-state index in [-0.39, 0.29) is 5.75 Å². The molecule has 88 valence electrons. The molecule has 1 N–H and O–H groups in total. The topological polar surface area (TPSA) is 69.0 Å². The maximum absolute atomic E-state index is 9.83. The van der Waals surface area contributed by atoms with Crippen molar-refractivity contribution in [3.05, 3.63) is 52.4 Å². The van der Waals surface area contributed by atoms with Gasteiger partial charge in [0.2, 0.25) is 0 Å². The number of fused-ring (bicyclic) bond motifs is 1. The maximum atomic E-state index is 9.83. The van der Waals surface area contributed by atoms with Gasteiger partial charge in [0, 0.05) is 23.3 Å². The molecule has 0 unspecified atom stereocenters. The van der Waals surface area contributed by atoms with Crippen LogP contribution in [0.4, 0.5) is 0 Å². The summed E-state index contributed by atoms with van der Waals surface area (Å²) < 4.78 is 0. The molecule has 0 saturated carbocycles. The van der Waals surface area contributed by atoms with Gasteiger partial charge < -0.3 is 5.11 Å². The standard InChI is InChI=1S/C14H11N3O/c15-17-16-10-4-3-7-13-12-6-2-1-5-11(12)8-9-14(13)18/h1-2,5-6,8-9,18H,4,10H2. The van der Waals surface area contributed by atoms with Crippen LogP contribution in [0.15, 0.2) is 41.5 Å². The molecular formula is C14H11N3O. The number of hydrogen-bond acceptors (Lipinski definition) is 2. The van der Waals surface area contributed by atoms with Crippen molar-refractivity contribution in [2.75, 3.05) is 6.54 Å². The smallest absolute Gasteiger partial charge is 0.131 e. The number of azide groups is 1. The Morgan fingerprint density at radius 2 is 2.06 bits per heavy atom. The second-order valence-corrected chi connectivity index (χ2v) is 3.69. The highest BCUT2D eigenvalue weighted by atomic mass is 16.3. The van der Waals surface area contributed by atoms with Gasteiger partial charge in [-0.05, 0) is 17.0 Å². The van der Waals surface area contributed by atoms with Crippen LogP contribution >= 0.6 is 0 Å². The minimum atomic E-state index is 0.171. The number of hydrogen-bond donors (Lipinski definition) is 1. The van der Waals surface area contributed by atoms with E-state index in [0.29, 0.717) is 18.5 Å². The molecule has 2 rings (SSSR count). The van der Waals surface area contributed by atoms with Gasteiger partial charge in [0.15, 0.2) is 0 Å². The van der Waals surface area contributed by atoms with Crippen LogP contribution in [0.5, 0.6) is 5.75 Å². The van der Waals surface area contributed by atoms with E-state index in [1.807, 2.05) is 30.3 Å². The fourth-order valence-electron chi connectivity index (χ4n) is 1.69. The summed E-state index contributed by atoms with van der Waals surface area (Å²) in [6, 6.07) is 11.2. The average Bonchev–Trinajstić information content (AvgIpc) is 2.41. The molecule has 18 heavy (non-hydrogen) atoms. The summed E-state index contributed by atoms with van der Waals surface area (Å²) in [6.45, 7) is 0.342. The highest BCUT2D eigenvalue weighted by Crippen LogP contribution is 2.25. The Morgan fingerprint density at radius 1 is 1.22 bits per heavy atom. The van der Waals surface area contributed by atoms with Gasteiger partial charge in [-0.2, -0.15) is 0 Å². The lowest BCUT2D eigenvalue weighted by Crippen LogP contribution is -1.82. The Kier molecular flexibility index (Phi) is 3.70. The molecule has 0 aliphatic rings. The minimum Gasteiger partial charge on any atom is -0.507 e. The lowest BCUT2D eigenvalue weighted by atomic mass is 10.0. The van der Waals surface area contributed by atoms with Crippen LogP contribution in [-0.4, -0.2) is 11.7 Å². The van der Waals surface area contributed by atoms with E-state index >= 15 is 0 Å². The molecule has 0 aliphatic heterocycles. The molecule has 0 radical (unpaired) electrons. The molecule has 2 aromatic rings. The summed E-state index contributed by atoms with van der Waals surface area (Å²) in [5.74, 6) is 6.00. The quantitative estimate of drug-likeness (QED) is 0.280. The van der Waals surface area contributed by atoms with Gasteiger partial charge in [-0.3, -0.25) is 0 Å². The molecule has 0 amide bonds. The summed E-state index contributed by atoms with van der Waals surface area (Å²) in [5.41, 5.74) is 8.76. The van der Waals surface area contributed by atoms with E-state index in [2.05, 4.69) is 21.9 Å². The Labute approximate surface area is 105 Å². The first-order valence-corrected chi connectivity index (χ1v) is 5.53. The second-order valence-electron chi connectivity index (χ2n) is 3.69. The Bertz CT molecular complexity index is 676. The summed E-state index contributed by atoms with van der Waals surface area (Å²) in [7, 11) is 0. The number of phenols is 1. The van der Waals surface area contributed by atoms with Gasteiger partial charge in [0.1, 0.15) is 5.75 Å². The zero-order valence-corrected chi connectivity index (χ0v) is 9.67. The predicted molar refractivity (Wildman–Crippen MR) is 71.1 cm³/mol. The molecule has 0 bridgehead atoms. The first kappa shape index (κ1) is 11.8. The lowest BCUT2D eigenvalue weighted by molar-refractivity contribution is 0.474. The van der Waals surface area contributed by atoms with Crippen LogP contribution in [0.2, 0.25) is 0 Å². The van der Waals surface area contributed by atoms with Gasteiger partial charge >= 0.3 is 0 Å². The van der Waals surface area contributed by atoms with E-state index in [0.717, 1.165) is 10.8 Å². The van der Waals surface area contributed by atoms with E-state index in [4.69, 9.17) is 5.53 Å². The first-order valence-electron chi connectivity index (χ1n) is 5.53. The monoisotopic (exact) mass is 237 g/mol. The van der Waals surface area contributed by atoms with Gasteiger partial charge in [-0.1, -0.05) is 47.3 Å². The SMILES string of the molecule is [N-]=[N+]=NCCC#Cc1c(O)ccc2ccccc12. The van der Waals surface area contributed by atoms with Gasteiger partial charge in [0.05, 0.1) is 5.56 Å². The van der Waals surface area contributed by atoms with Crippen LogP contribution in [0.25, 0.3) is 21.2 Å². The van der Waals surface area contributed by atoms with Crippen molar-refractivity contribution < 1.29 is 5.11 Å². The van der Waals surface area contributed by atoms with Crippen LogP contribution in [-0.2, 0) is 0 Å². The molecule has 2 aromatic carbocycles. The Balaban J connectivity index is 2.37. The van der Waals surface area contributed by atoms with Crippen molar-refractivity contribution >= 4 is 10.8 Å². The van der Waals surface area contributed by atoms with Gasteiger partial charge in [-0.25, -0.2) is 0 Å². The Hall–Kier alpha value is -2.63. The molecular weight excluding hydrogens is 226 g/mol. The number of nitrogens with zero attached hydrogens (tertiary/aromatic N) is 3. The fourth-order valence-corrected chi connectivity index (χ4v) is 1.69. The zero-order valence-electron chi connectivity index (χ0n) is 9.67. The molecule has 0 aromatic heterocycles. The molecule has 4 heteroatoms. The summed E-state index contributed by atoms with van der Waals surface area (Å²) in [4.78, 5) is 2.66. The summed E-state index contributed by atoms with van der Waals surface area (Å²) in [6.07, 6.45) is 0.479. The van der Waals surface area contributed by atoms with Crippen molar-refractivity contribution in [2.45, 2.75) is 6.42 Å². The number of rotatable bonds is 2. The molecule has 0 aliphatic carbocycles. The van der Waals surface area contributed by atoms with Crippen molar-refractivity contribution in [1.82, 2.24) is 0 Å². The molecule has 0 saturated heterocycles. The highest BCUT2D eigenvalue weighted by Gasteiger charge is 2.03. The number of benzene rings is 2. The average molecular weight is 237 g/mol. The molecule has 0 fully saturated rings. The van der Waals surface area contributed by atoms with Gasteiger partial charge in [0.25, 0.3) is 0 Å². The second kappa shape index (κ2) is 5.62. The van der Waals surface area contributed by atoms with Crippen LogP contribution in [0, 0.1) is 11.8 Å². The third-order valence-corrected chi connectivity index (χ3v) is 2.52. The maximum Gasteiger partial charge on any atom is 0.131 e. The lowest BCUT2D eigenvalue weighted by Gasteiger charge is -2.02. The zero-order chi connectivity index (χ0) is 12.8. The van der Waals surface area contributed by atoms with E-state index in [1.54, 1.807) is 6.07 Å². The fraction of sp³-hybridized carbons (Fsp3) is 0.143. The summed E-state index contributed by atoms with van der Waals surface area (Å²) in [5, 5.41) is 15.2. The third-order valence-electron chi connectivity index (χ3n) is 2.52. The summed E-state index contributed by atoms with van der Waals surface area (Å²) >= 11 is 0. The van der Waals surface area contributed by atoms with Crippen molar-refractivity contribution in [2.24, 2.45) is 5.11 Å². The van der Waals surface area contributed by atoms with Crippen molar-refractivity contribution in [1.29, 1.82) is 0 Å². The number of phenolic OH excluding ortho intramolecular Hbond substituents is 1. The largest absolute Gasteiger partial charge is 0.507 e. The van der Waals surface area contributed by atoms with Crippen molar-refractivity contribution in [3.63, 3.8) is 0 Å². The molecule has 4 nitrogen and oxygen atoms in total. The first-order chi connectivity index (χ1) is 8.83. The van der Waals surface area contributed by atoms with Crippen LogP contribution in [0.1, 0.15) is 12.0 Å². The van der Waals surface area contributed by atoms with Crippen molar-refractivity contribution in [3.8, 4) is 17.6 Å². The predicted octanol–water partition coefficient (Wildman–Crippen LogP) is 3.60. The van der Waals surface area contributed by atoms with Crippen LogP contribution in [0.3, 0.4) is 0 Å². The minimum absolute atomic E-state index is 0.171. The molecule has 0 heterocycles. The normalized spacial score (nSPS) is 9.33. The van der Waals surface area contributed by atoms with Gasteiger partial charge in [-0.15, -0.1) is 0 Å². The van der Waals surface area contributed by atoms with E-state index in [1.165, 1.54) is 0 Å². The molecule has 0 spiro atoms. The highest BCUT2D eigenvalue weighted by molar-refractivity contribution is 5.90. The van der Waals surface area contributed by atoms with E-state index < -0.39 is 0 Å². The molecule has 0 atom stereocenters. The number of aromatic hydroxyl groups is 1. The Morgan fingerprint density at radius 3 is 2.89 bits per heavy atom. The van der Waals surface area contributed by atoms with Crippen LogP contribution < -0.4 is 0 Å². The van der Waals surface area contributed by atoms with E-state index in [9.17, 15) is 5.11 Å². The third kappa shape index (κ3) is 2.54.